The molecule has 238 valence electrons. The molecule has 6 rings (SSSR count). The van der Waals surface area contributed by atoms with Crippen molar-refractivity contribution in [1.82, 2.24) is 24.8 Å². The van der Waals surface area contributed by atoms with Crippen molar-refractivity contribution in [2.75, 3.05) is 50.7 Å². The number of ether oxygens (including phenoxy) is 2. The molecule has 1 aliphatic heterocycles. The van der Waals surface area contributed by atoms with Gasteiger partial charge in [-0.3, -0.25) is 4.98 Å². The molecule has 1 saturated heterocycles. The Morgan fingerprint density at radius 1 is 1.09 bits per heavy atom. The normalized spacial score (nSPS) is 17.1. The van der Waals surface area contributed by atoms with Crippen LogP contribution in [0.25, 0.3) is 32.1 Å². The number of hydrogen-bond donors (Lipinski definition) is 2. The first-order valence-electron chi connectivity index (χ1n) is 13.9. The Labute approximate surface area is 270 Å². The summed E-state index contributed by atoms with van der Waals surface area (Å²) < 4.78 is 59.1. The number of fused-ring (bicyclic) bond motifs is 2. The minimum absolute atomic E-state index is 0.0472. The third kappa shape index (κ3) is 5.17. The predicted octanol–water partition coefficient (Wildman–Crippen LogP) is 5.31. The topological polar surface area (TPSA) is 152 Å². The van der Waals surface area contributed by atoms with E-state index < -0.39 is 40.7 Å². The van der Waals surface area contributed by atoms with Crippen molar-refractivity contribution in [3.63, 3.8) is 0 Å². The Morgan fingerprint density at radius 2 is 1.83 bits per heavy atom. The maximum Gasteiger partial charge on any atom is 0.319 e. The van der Waals surface area contributed by atoms with E-state index in [9.17, 15) is 9.65 Å². The molecule has 0 saturated carbocycles. The fourth-order valence-electron chi connectivity index (χ4n) is 5.59. The van der Waals surface area contributed by atoms with E-state index in [0.29, 0.717) is 18.4 Å². The van der Waals surface area contributed by atoms with E-state index in [1.807, 2.05) is 32.0 Å². The molecule has 0 radical (unpaired) electrons. The maximum absolute atomic E-state index is 16.9. The van der Waals surface area contributed by atoms with Gasteiger partial charge in [0.1, 0.15) is 51.7 Å². The summed E-state index contributed by atoms with van der Waals surface area (Å²) in [6.45, 7) is 2.45. The van der Waals surface area contributed by atoms with Gasteiger partial charge in [-0.15, -0.1) is 11.3 Å². The van der Waals surface area contributed by atoms with Crippen LogP contribution >= 0.6 is 22.9 Å². The molecule has 1 fully saturated rings. The number of rotatable bonds is 7. The van der Waals surface area contributed by atoms with Crippen LogP contribution in [0.4, 0.5) is 29.8 Å². The van der Waals surface area contributed by atoms with Gasteiger partial charge >= 0.3 is 6.01 Å². The number of nitrogens with two attached hydrogens (primary N) is 2. The lowest BCUT2D eigenvalue weighted by Crippen LogP contribution is -2.41. The van der Waals surface area contributed by atoms with Gasteiger partial charge in [-0.2, -0.15) is 15.2 Å². The SMILES string of the molecule is C[C@H](c1nccnc1N)N(C)c1nc(O[C@H]2COC[C@H]2N(C)C)nc2c(F)c(-c3c(F)cc(F)c4sc(N)c(C#N)c34)c(Cl)cc12. The Hall–Kier alpha value is -4.49. The summed E-state index contributed by atoms with van der Waals surface area (Å²) in [7, 11) is 5.45. The molecule has 0 aliphatic carbocycles. The summed E-state index contributed by atoms with van der Waals surface area (Å²) >= 11 is 7.46. The number of hydrogen-bond acceptors (Lipinski definition) is 12. The molecular weight excluding hydrogens is 643 g/mol. The molecule has 1 aliphatic rings. The lowest BCUT2D eigenvalue weighted by Gasteiger charge is -2.28. The van der Waals surface area contributed by atoms with Gasteiger partial charge in [0.2, 0.25) is 0 Å². The summed E-state index contributed by atoms with van der Waals surface area (Å²) in [6.07, 6.45) is 2.47. The van der Waals surface area contributed by atoms with Crippen LogP contribution in [0, 0.1) is 28.8 Å². The highest BCUT2D eigenvalue weighted by Crippen LogP contribution is 2.47. The van der Waals surface area contributed by atoms with Crippen LogP contribution in [0.3, 0.4) is 0 Å². The van der Waals surface area contributed by atoms with Crippen LogP contribution in [0.1, 0.15) is 24.2 Å². The molecule has 0 bridgehead atoms. The second-order valence-electron chi connectivity index (χ2n) is 11.0. The van der Waals surface area contributed by atoms with E-state index in [-0.39, 0.29) is 66.9 Å². The zero-order chi connectivity index (χ0) is 33.0. The molecule has 3 atom stereocenters. The number of thiophene rings is 1. The van der Waals surface area contributed by atoms with Crippen molar-refractivity contribution >= 4 is 60.6 Å². The summed E-state index contributed by atoms with van der Waals surface area (Å²) in [6, 6.07) is 3.03. The number of nitrogen functional groups attached to an aromatic ring is 2. The van der Waals surface area contributed by atoms with Crippen LogP contribution in [-0.4, -0.2) is 71.3 Å². The van der Waals surface area contributed by atoms with Gasteiger partial charge in [0.15, 0.2) is 5.82 Å². The maximum atomic E-state index is 16.9. The lowest BCUT2D eigenvalue weighted by atomic mass is 9.96. The number of anilines is 3. The Kier molecular flexibility index (Phi) is 8.23. The minimum Gasteiger partial charge on any atom is -0.456 e. The molecule has 46 heavy (non-hydrogen) atoms. The molecule has 0 unspecified atom stereocenters. The molecule has 5 aromatic rings. The molecule has 4 heterocycles. The van der Waals surface area contributed by atoms with E-state index in [1.54, 1.807) is 11.9 Å². The number of nitrogens with zero attached hydrogens (tertiary/aromatic N) is 7. The van der Waals surface area contributed by atoms with Crippen LogP contribution in [0.5, 0.6) is 6.01 Å². The fraction of sp³-hybridized carbons (Fsp3) is 0.300. The molecule has 4 N–H and O–H groups in total. The van der Waals surface area contributed by atoms with Crippen molar-refractivity contribution in [2.24, 2.45) is 0 Å². The third-order valence-corrected chi connectivity index (χ3v) is 9.41. The molecule has 2 aromatic carbocycles. The van der Waals surface area contributed by atoms with Crippen molar-refractivity contribution in [3.8, 4) is 23.2 Å². The van der Waals surface area contributed by atoms with Gasteiger partial charge in [-0.1, -0.05) is 11.6 Å². The van der Waals surface area contributed by atoms with Crippen molar-refractivity contribution in [2.45, 2.75) is 25.1 Å². The van der Waals surface area contributed by atoms with E-state index in [1.165, 1.54) is 18.5 Å². The van der Waals surface area contributed by atoms with E-state index in [2.05, 4.69) is 19.9 Å². The summed E-state index contributed by atoms with van der Waals surface area (Å²) in [5, 5.41) is 9.48. The standard InChI is InChI=1S/C30H27ClF3N9O2S/c1-12(24-27(36)39-6-5-38-24)43(4)29-13-7-15(31)21(22-16(32)8-17(33)26-20(22)14(9-35)28(37)46-26)23(34)25(13)40-30(41-29)45-19-11-44-10-18(19)42(2)3/h5-8,12,18-19H,10-11,37H2,1-4H3,(H2,36,39)/t12-,18-,19+/m1/s1. The highest BCUT2D eigenvalue weighted by molar-refractivity contribution is 7.23. The second-order valence-corrected chi connectivity index (χ2v) is 12.4. The molecular formula is C30H27ClF3N9O2S. The zero-order valence-electron chi connectivity index (χ0n) is 25.0. The minimum atomic E-state index is -1.13. The Bertz CT molecular complexity index is 2060. The second kappa shape index (κ2) is 12.0. The average Bonchev–Trinajstić information content (AvgIpc) is 3.62. The van der Waals surface area contributed by atoms with Crippen molar-refractivity contribution in [3.05, 3.63) is 58.3 Å². The molecule has 11 nitrogen and oxygen atoms in total. The highest BCUT2D eigenvalue weighted by Gasteiger charge is 2.34. The number of benzene rings is 2. The van der Waals surface area contributed by atoms with Crippen molar-refractivity contribution in [1.29, 1.82) is 5.26 Å². The number of likely N-dealkylation sites (N-methyl/N-ethyl adjacent to an activating group) is 1. The van der Waals surface area contributed by atoms with Crippen molar-refractivity contribution < 1.29 is 22.6 Å². The monoisotopic (exact) mass is 669 g/mol. The van der Waals surface area contributed by atoms with Gasteiger partial charge in [-0.25, -0.2) is 18.2 Å². The van der Waals surface area contributed by atoms with E-state index >= 15 is 8.78 Å². The first kappa shape index (κ1) is 31.5. The Balaban J connectivity index is 1.61. The van der Waals surface area contributed by atoms with Gasteiger partial charge in [0.25, 0.3) is 0 Å². The number of halogens is 4. The van der Waals surface area contributed by atoms with Crippen LogP contribution < -0.4 is 21.1 Å². The highest BCUT2D eigenvalue weighted by atomic mass is 35.5. The third-order valence-electron chi connectivity index (χ3n) is 8.09. The molecule has 3 aromatic heterocycles. The molecule has 16 heteroatoms. The summed E-state index contributed by atoms with van der Waals surface area (Å²) in [5.41, 5.74) is 11.2. The van der Waals surface area contributed by atoms with E-state index in [4.69, 9.17) is 32.5 Å². The first-order valence-corrected chi connectivity index (χ1v) is 15.1. The van der Waals surface area contributed by atoms with Crippen LogP contribution in [0.15, 0.2) is 24.5 Å². The van der Waals surface area contributed by atoms with E-state index in [0.717, 1.165) is 11.3 Å². The fourth-order valence-corrected chi connectivity index (χ4v) is 6.81. The average molecular weight is 670 g/mol. The zero-order valence-corrected chi connectivity index (χ0v) is 26.5. The number of nitriles is 1. The quantitative estimate of drug-likeness (QED) is 0.232. The Morgan fingerprint density at radius 3 is 2.52 bits per heavy atom. The van der Waals surface area contributed by atoms with Gasteiger partial charge in [0.05, 0.1) is 40.6 Å². The summed E-state index contributed by atoms with van der Waals surface area (Å²) in [4.78, 5) is 21.2. The predicted molar refractivity (Wildman–Crippen MR) is 170 cm³/mol. The van der Waals surface area contributed by atoms with Gasteiger partial charge in [0, 0.05) is 47.4 Å². The largest absolute Gasteiger partial charge is 0.456 e. The first-order chi connectivity index (χ1) is 21.9. The summed E-state index contributed by atoms with van der Waals surface area (Å²) in [5.74, 6) is -2.72. The lowest BCUT2D eigenvalue weighted by molar-refractivity contribution is 0.117. The number of aromatic nitrogens is 4. The molecule has 0 amide bonds. The van der Waals surface area contributed by atoms with Crippen LogP contribution in [0.2, 0.25) is 5.02 Å². The van der Waals surface area contributed by atoms with Crippen LogP contribution in [-0.2, 0) is 4.74 Å². The van der Waals surface area contributed by atoms with Gasteiger partial charge < -0.3 is 30.7 Å². The molecule has 0 spiro atoms. The van der Waals surface area contributed by atoms with Gasteiger partial charge in [-0.05, 0) is 27.1 Å². The smallest absolute Gasteiger partial charge is 0.319 e.